The van der Waals surface area contributed by atoms with Gasteiger partial charge in [0.1, 0.15) is 45.4 Å². The number of fused-ring (bicyclic) bond motifs is 4. The number of hydrogen-bond acceptors (Lipinski definition) is 9. The van der Waals surface area contributed by atoms with E-state index in [0.717, 1.165) is 9.13 Å². The van der Waals surface area contributed by atoms with Crippen molar-refractivity contribution >= 4 is 28.2 Å². The van der Waals surface area contributed by atoms with Crippen molar-refractivity contribution in [2.24, 2.45) is 14.1 Å². The number of allylic oxidation sites excluding steroid dienone is 3. The average Bonchev–Trinajstić information content (AvgIpc) is 3.12. The van der Waals surface area contributed by atoms with E-state index in [0.29, 0.717) is 0 Å². The number of aryl methyl sites for hydroxylation is 1. The van der Waals surface area contributed by atoms with Crippen molar-refractivity contribution in [3.8, 4) is 17.2 Å². The molecule has 0 amide bonds. The Morgan fingerprint density at radius 2 is 1.72 bits per heavy atom. The first-order valence-corrected chi connectivity index (χ1v) is 10.9. The molecule has 0 spiro atoms. The number of carbonyl (C=O) groups excluding carboxylic acids is 2. The van der Waals surface area contributed by atoms with Crippen molar-refractivity contribution < 1.29 is 29.6 Å². The van der Waals surface area contributed by atoms with Gasteiger partial charge in [-0.3, -0.25) is 23.5 Å². The summed E-state index contributed by atoms with van der Waals surface area (Å²) in [6.45, 7) is 4.08. The number of aromatic nitrogens is 3. The number of pyridine rings is 1. The second kappa shape index (κ2) is 7.17. The molecule has 0 saturated carbocycles. The Balaban J connectivity index is 1.78. The molecule has 11 heteroatoms. The lowest BCUT2D eigenvalue weighted by Gasteiger charge is -2.28. The number of Topliss-reactive ketones (excluding diaryl/α,β-unsaturated/α-hetero) is 2. The SMILES string of the molecule is CC(=O)c1c(O)c(C)c(O)c2c1OC1=CC(O)=C(c3ccc4c(=O)n(C)c(=O)n(C)c4n3)C(=O)C12C. The summed E-state index contributed by atoms with van der Waals surface area (Å²) in [6.07, 6.45) is 1.18. The molecule has 3 aromatic rings. The average molecular weight is 491 g/mol. The molecule has 11 nitrogen and oxygen atoms in total. The largest absolute Gasteiger partial charge is 0.507 e. The van der Waals surface area contributed by atoms with Crippen LogP contribution in [0.3, 0.4) is 0 Å². The van der Waals surface area contributed by atoms with E-state index < -0.39 is 45.5 Å². The van der Waals surface area contributed by atoms with E-state index in [1.165, 1.54) is 53.1 Å². The number of nitrogens with zero attached hydrogens (tertiary/aromatic N) is 3. The van der Waals surface area contributed by atoms with Gasteiger partial charge in [-0.15, -0.1) is 0 Å². The lowest BCUT2D eigenvalue weighted by atomic mass is 9.71. The van der Waals surface area contributed by atoms with E-state index in [-0.39, 0.29) is 50.5 Å². The molecule has 2 aromatic heterocycles. The highest BCUT2D eigenvalue weighted by atomic mass is 16.5. The number of rotatable bonds is 2. The van der Waals surface area contributed by atoms with Crippen molar-refractivity contribution in [2.75, 3.05) is 0 Å². The van der Waals surface area contributed by atoms with E-state index in [2.05, 4.69) is 4.98 Å². The molecule has 5 rings (SSSR count). The molecule has 2 aliphatic rings. The predicted molar refractivity (Wildman–Crippen MR) is 127 cm³/mol. The second-order valence-electron chi connectivity index (χ2n) is 9.06. The van der Waals surface area contributed by atoms with Gasteiger partial charge in [-0.1, -0.05) is 0 Å². The van der Waals surface area contributed by atoms with Crippen molar-refractivity contribution in [1.82, 2.24) is 14.1 Å². The Hall–Kier alpha value is -4.67. The van der Waals surface area contributed by atoms with Gasteiger partial charge < -0.3 is 20.1 Å². The Morgan fingerprint density at radius 1 is 1.06 bits per heavy atom. The fraction of sp³-hybridized carbons (Fsp3) is 0.240. The van der Waals surface area contributed by atoms with E-state index in [9.17, 15) is 34.5 Å². The van der Waals surface area contributed by atoms with E-state index in [1.54, 1.807) is 0 Å². The first-order valence-electron chi connectivity index (χ1n) is 10.9. The molecule has 3 heterocycles. The summed E-state index contributed by atoms with van der Waals surface area (Å²) in [5.74, 6) is -2.85. The summed E-state index contributed by atoms with van der Waals surface area (Å²) in [5, 5.41) is 32.4. The highest BCUT2D eigenvalue weighted by molar-refractivity contribution is 6.28. The van der Waals surface area contributed by atoms with Gasteiger partial charge >= 0.3 is 5.69 Å². The quantitative estimate of drug-likeness (QED) is 0.453. The van der Waals surface area contributed by atoms with Crippen molar-refractivity contribution in [1.29, 1.82) is 0 Å². The number of phenols is 2. The number of aliphatic hydroxyl groups is 1. The monoisotopic (exact) mass is 491 g/mol. The molecule has 0 fully saturated rings. The summed E-state index contributed by atoms with van der Waals surface area (Å²) in [4.78, 5) is 55.5. The Bertz CT molecular complexity index is 1770. The highest BCUT2D eigenvalue weighted by Crippen LogP contribution is 2.58. The molecule has 184 valence electrons. The Morgan fingerprint density at radius 3 is 2.36 bits per heavy atom. The maximum absolute atomic E-state index is 14.0. The molecule has 0 radical (unpaired) electrons. The van der Waals surface area contributed by atoms with Crippen LogP contribution in [0.5, 0.6) is 17.2 Å². The molecular formula is C25H21N3O8. The summed E-state index contributed by atoms with van der Waals surface area (Å²) >= 11 is 0. The third-order valence-electron chi connectivity index (χ3n) is 6.96. The van der Waals surface area contributed by atoms with E-state index >= 15 is 0 Å². The van der Waals surface area contributed by atoms with Crippen LogP contribution in [0.15, 0.2) is 39.3 Å². The minimum atomic E-state index is -1.67. The number of aromatic hydroxyl groups is 2. The van der Waals surface area contributed by atoms with Gasteiger partial charge in [-0.25, -0.2) is 9.78 Å². The number of hydrogen-bond donors (Lipinski definition) is 3. The summed E-state index contributed by atoms with van der Waals surface area (Å²) in [5.41, 5.74) is -3.31. The van der Waals surface area contributed by atoms with E-state index in [1.807, 2.05) is 0 Å². The molecule has 1 atom stereocenters. The number of phenolic OH excluding ortho intramolecular Hbond substituents is 2. The minimum absolute atomic E-state index is 0.00664. The zero-order valence-electron chi connectivity index (χ0n) is 20.0. The molecule has 1 aliphatic heterocycles. The van der Waals surface area contributed by atoms with Crippen LogP contribution in [0, 0.1) is 6.92 Å². The molecular weight excluding hydrogens is 470 g/mol. The third kappa shape index (κ3) is 2.65. The normalized spacial score (nSPS) is 18.7. The van der Waals surface area contributed by atoms with Crippen molar-refractivity contribution in [3.63, 3.8) is 0 Å². The first kappa shape index (κ1) is 23.1. The number of carbonyl (C=O) groups is 2. The summed E-state index contributed by atoms with van der Waals surface area (Å²) in [7, 11) is 2.76. The van der Waals surface area contributed by atoms with Gasteiger partial charge in [0.25, 0.3) is 5.56 Å². The number of aliphatic hydroxyl groups excluding tert-OH is 1. The highest BCUT2D eigenvalue weighted by Gasteiger charge is 2.55. The first-order chi connectivity index (χ1) is 16.8. The number of benzene rings is 1. The van der Waals surface area contributed by atoms with Gasteiger partial charge in [0.15, 0.2) is 11.6 Å². The third-order valence-corrected chi connectivity index (χ3v) is 6.96. The topological polar surface area (TPSA) is 161 Å². The van der Waals surface area contributed by atoms with E-state index in [4.69, 9.17) is 4.74 Å². The molecule has 0 saturated heterocycles. The minimum Gasteiger partial charge on any atom is -0.507 e. The van der Waals surface area contributed by atoms with Gasteiger partial charge in [0, 0.05) is 25.7 Å². The predicted octanol–water partition coefficient (Wildman–Crippen LogP) is 1.64. The van der Waals surface area contributed by atoms with Crippen LogP contribution in [0.4, 0.5) is 0 Å². The molecule has 3 N–H and O–H groups in total. The molecule has 1 aliphatic carbocycles. The van der Waals surface area contributed by atoms with Gasteiger partial charge in [0.2, 0.25) is 0 Å². The smallest absolute Gasteiger partial charge is 0.332 e. The van der Waals surface area contributed by atoms with Crippen LogP contribution >= 0.6 is 0 Å². The summed E-state index contributed by atoms with van der Waals surface area (Å²) < 4.78 is 7.86. The van der Waals surface area contributed by atoms with Crippen LogP contribution in [-0.4, -0.2) is 41.0 Å². The van der Waals surface area contributed by atoms with Crippen LogP contribution in [-0.2, 0) is 24.3 Å². The fourth-order valence-electron chi connectivity index (χ4n) is 4.86. The van der Waals surface area contributed by atoms with Gasteiger partial charge in [0.05, 0.1) is 22.2 Å². The van der Waals surface area contributed by atoms with Gasteiger partial charge in [-0.05, 0) is 32.9 Å². The number of ether oxygens (including phenoxy) is 1. The Labute approximate surface area is 202 Å². The number of ketones is 2. The maximum atomic E-state index is 14.0. The van der Waals surface area contributed by atoms with Crippen LogP contribution in [0.25, 0.3) is 16.6 Å². The zero-order chi connectivity index (χ0) is 26.4. The second-order valence-corrected chi connectivity index (χ2v) is 9.06. The maximum Gasteiger partial charge on any atom is 0.332 e. The van der Waals surface area contributed by atoms with Crippen LogP contribution in [0.2, 0.25) is 0 Å². The summed E-state index contributed by atoms with van der Waals surface area (Å²) in [6, 6.07) is 2.78. The van der Waals surface area contributed by atoms with Crippen LogP contribution < -0.4 is 16.0 Å². The fourth-order valence-corrected chi connectivity index (χ4v) is 4.86. The lowest BCUT2D eigenvalue weighted by molar-refractivity contribution is -0.117. The standard InChI is InChI=1S/C25H21N3O8/c1-9-18(31)15(10(2)29)20-17(19(9)32)25(3)14(36-20)8-13(30)16(21(25)33)12-7-6-11-22(26-12)27(4)24(35)28(5)23(11)34/h6-8,30-32H,1-5H3. The lowest BCUT2D eigenvalue weighted by Crippen LogP contribution is -2.38. The Kier molecular flexibility index (Phi) is 4.60. The zero-order valence-corrected chi connectivity index (χ0v) is 20.0. The van der Waals surface area contributed by atoms with Gasteiger partial charge in [-0.2, -0.15) is 0 Å². The molecule has 36 heavy (non-hydrogen) atoms. The van der Waals surface area contributed by atoms with Crippen molar-refractivity contribution in [3.05, 3.63) is 72.9 Å². The van der Waals surface area contributed by atoms with Crippen LogP contribution in [0.1, 0.15) is 41.0 Å². The molecule has 1 aromatic carbocycles. The molecule has 1 unspecified atom stereocenters. The molecule has 0 bridgehead atoms. The van der Waals surface area contributed by atoms with Crippen molar-refractivity contribution in [2.45, 2.75) is 26.2 Å².